The van der Waals surface area contributed by atoms with E-state index in [4.69, 9.17) is 13.9 Å². The molecule has 1 heterocycles. The van der Waals surface area contributed by atoms with Crippen LogP contribution in [0.1, 0.15) is 95.8 Å². The maximum atomic E-state index is 12.8. The molecule has 9 nitrogen and oxygen atoms in total. The van der Waals surface area contributed by atoms with E-state index in [1.165, 1.54) is 38.5 Å². The number of rotatable bonds is 23. The van der Waals surface area contributed by atoms with Gasteiger partial charge in [-0.25, -0.2) is 4.79 Å². The number of piperidine rings is 1. The molecular formula is C49H68N4O5Si. The summed E-state index contributed by atoms with van der Waals surface area (Å²) in [6, 6.07) is 34.0. The highest BCUT2D eigenvalue weighted by atomic mass is 28.4. The Morgan fingerprint density at radius 1 is 0.814 bits per heavy atom. The van der Waals surface area contributed by atoms with Crippen LogP contribution in [0, 0.1) is 0 Å². The molecule has 1 atom stereocenters. The predicted octanol–water partition coefficient (Wildman–Crippen LogP) is 11.6. The average molecular weight is 821 g/mol. The SMILES string of the molecule is CC(C)(C)[Si](C)(C)O[C@H](CNCCCCCCCCCN1CCC(OC(=O)Nc2ccccc2-c2ccccc2)CC1)c1ccc(OCc2ccccc2)c(NC=O)c1. The summed E-state index contributed by atoms with van der Waals surface area (Å²) in [6.45, 7) is 16.5. The normalized spacial score (nSPS) is 14.4. The van der Waals surface area contributed by atoms with Gasteiger partial charge in [0.25, 0.3) is 0 Å². The number of carbonyl (C=O) groups excluding carboxylic acids is 2. The first-order chi connectivity index (χ1) is 28.5. The van der Waals surface area contributed by atoms with Crippen LogP contribution in [0.3, 0.4) is 0 Å². The first-order valence-corrected chi connectivity index (χ1v) is 24.7. The Balaban J connectivity index is 0.954. The van der Waals surface area contributed by atoms with Crippen molar-refractivity contribution in [3.05, 3.63) is 114 Å². The van der Waals surface area contributed by atoms with E-state index in [1.54, 1.807) is 0 Å². The Morgan fingerprint density at radius 3 is 2.15 bits per heavy atom. The molecule has 318 valence electrons. The number of likely N-dealkylation sites (tertiary alicyclic amines) is 1. The van der Waals surface area contributed by atoms with Crippen LogP contribution >= 0.6 is 0 Å². The van der Waals surface area contributed by atoms with E-state index >= 15 is 0 Å². The zero-order valence-corrected chi connectivity index (χ0v) is 37.1. The van der Waals surface area contributed by atoms with Gasteiger partial charge in [0.05, 0.1) is 17.5 Å². The first-order valence-electron chi connectivity index (χ1n) is 21.8. The lowest BCUT2D eigenvalue weighted by molar-refractivity contribution is -0.105. The van der Waals surface area contributed by atoms with Crippen molar-refractivity contribution in [1.29, 1.82) is 0 Å². The highest BCUT2D eigenvalue weighted by Crippen LogP contribution is 2.40. The van der Waals surface area contributed by atoms with Crippen molar-refractivity contribution < 1.29 is 23.5 Å². The van der Waals surface area contributed by atoms with Gasteiger partial charge in [-0.1, -0.05) is 138 Å². The number of carbonyl (C=O) groups is 2. The van der Waals surface area contributed by atoms with Crippen LogP contribution < -0.4 is 20.7 Å². The van der Waals surface area contributed by atoms with E-state index in [0.717, 1.165) is 73.4 Å². The molecule has 1 aliphatic rings. The van der Waals surface area contributed by atoms with Gasteiger partial charge in [-0.3, -0.25) is 10.1 Å². The highest BCUT2D eigenvalue weighted by Gasteiger charge is 2.39. The second kappa shape index (κ2) is 23.3. The van der Waals surface area contributed by atoms with E-state index in [1.807, 2.05) is 97.1 Å². The van der Waals surface area contributed by atoms with Gasteiger partial charge in [0.2, 0.25) is 6.41 Å². The van der Waals surface area contributed by atoms with E-state index < -0.39 is 8.32 Å². The van der Waals surface area contributed by atoms with Crippen molar-refractivity contribution in [2.45, 2.75) is 116 Å². The maximum absolute atomic E-state index is 12.8. The lowest BCUT2D eigenvalue weighted by Gasteiger charge is -2.39. The molecule has 3 N–H and O–H groups in total. The number of hydrogen-bond donors (Lipinski definition) is 3. The van der Waals surface area contributed by atoms with Crippen molar-refractivity contribution >= 4 is 32.2 Å². The molecule has 0 aliphatic carbocycles. The maximum Gasteiger partial charge on any atom is 0.411 e. The summed E-state index contributed by atoms with van der Waals surface area (Å²) < 4.78 is 18.9. The summed E-state index contributed by atoms with van der Waals surface area (Å²) in [4.78, 5) is 26.9. The summed E-state index contributed by atoms with van der Waals surface area (Å²) >= 11 is 0. The van der Waals surface area contributed by atoms with Crippen LogP contribution in [-0.4, -0.2) is 64.5 Å². The second-order valence-electron chi connectivity index (χ2n) is 17.3. The Bertz CT molecular complexity index is 1840. The van der Waals surface area contributed by atoms with Gasteiger partial charge in [-0.15, -0.1) is 0 Å². The molecule has 10 heteroatoms. The molecule has 59 heavy (non-hydrogen) atoms. The third-order valence-corrected chi connectivity index (χ3v) is 16.3. The Labute approximate surface area is 354 Å². The molecule has 4 aromatic carbocycles. The smallest absolute Gasteiger partial charge is 0.411 e. The number of amides is 2. The van der Waals surface area contributed by atoms with E-state index in [9.17, 15) is 9.59 Å². The average Bonchev–Trinajstić information content (AvgIpc) is 3.23. The van der Waals surface area contributed by atoms with Crippen LogP contribution in [0.15, 0.2) is 103 Å². The Hall–Kier alpha value is -4.48. The van der Waals surface area contributed by atoms with Gasteiger partial charge >= 0.3 is 6.09 Å². The fourth-order valence-electron chi connectivity index (χ4n) is 7.25. The van der Waals surface area contributed by atoms with E-state index in [-0.39, 0.29) is 23.3 Å². The molecule has 0 aromatic heterocycles. The lowest BCUT2D eigenvalue weighted by atomic mass is 10.0. The molecule has 0 bridgehead atoms. The van der Waals surface area contributed by atoms with Crippen molar-refractivity contribution in [3.63, 3.8) is 0 Å². The summed E-state index contributed by atoms with van der Waals surface area (Å²) in [5.74, 6) is 0.638. The van der Waals surface area contributed by atoms with Gasteiger partial charge in [0.1, 0.15) is 18.5 Å². The number of unbranched alkanes of at least 4 members (excludes halogenated alkanes) is 6. The minimum Gasteiger partial charge on any atom is -0.487 e. The number of nitrogens with one attached hydrogen (secondary N) is 3. The third-order valence-electron chi connectivity index (χ3n) is 11.8. The molecule has 1 saturated heterocycles. The second-order valence-corrected chi connectivity index (χ2v) is 22.1. The fourth-order valence-corrected chi connectivity index (χ4v) is 8.54. The van der Waals surface area contributed by atoms with Crippen LogP contribution in [0.2, 0.25) is 18.1 Å². The third kappa shape index (κ3) is 14.9. The van der Waals surface area contributed by atoms with Crippen molar-refractivity contribution in [1.82, 2.24) is 10.2 Å². The number of para-hydroxylation sites is 1. The highest BCUT2D eigenvalue weighted by molar-refractivity contribution is 6.74. The zero-order valence-electron chi connectivity index (χ0n) is 36.1. The van der Waals surface area contributed by atoms with Crippen LogP contribution in [-0.2, 0) is 20.6 Å². The standard InChI is InChI=1S/C49H68N4O5Si/c1-49(2,3)59(4,5)58-47(41-27-28-46(45(35-41)51-38-54)56-37-39-21-13-11-14-22-39)36-50-31-19-9-7-6-8-10-20-32-53-33-29-42(30-34-53)57-48(55)52-44-26-18-17-25-43(44)40-23-15-12-16-24-40/h11-18,21-28,35,38,42,47,50H,6-10,19-20,29-34,36-37H2,1-5H3,(H,51,54)(H,52,55)/t47-/m1/s1. The van der Waals surface area contributed by atoms with Crippen LogP contribution in [0.4, 0.5) is 16.2 Å². The van der Waals surface area contributed by atoms with Gasteiger partial charge in [-0.2, -0.15) is 0 Å². The first kappa shape index (κ1) is 45.6. The van der Waals surface area contributed by atoms with E-state index in [0.29, 0.717) is 31.0 Å². The molecule has 0 saturated carbocycles. The Morgan fingerprint density at radius 2 is 1.46 bits per heavy atom. The number of ether oxygens (including phenoxy) is 2. The van der Waals surface area contributed by atoms with Gasteiger partial charge in [-0.05, 0) is 91.8 Å². The molecule has 1 fully saturated rings. The molecule has 0 radical (unpaired) electrons. The molecule has 0 spiro atoms. The number of nitrogens with zero attached hydrogens (tertiary/aromatic N) is 1. The molecule has 0 unspecified atom stereocenters. The summed E-state index contributed by atoms with van der Waals surface area (Å²) in [5, 5.41) is 9.59. The largest absolute Gasteiger partial charge is 0.487 e. The lowest BCUT2D eigenvalue weighted by Crippen LogP contribution is -2.43. The van der Waals surface area contributed by atoms with Crippen molar-refractivity contribution in [2.24, 2.45) is 0 Å². The minimum absolute atomic E-state index is 0.0456. The van der Waals surface area contributed by atoms with Gasteiger partial charge < -0.3 is 29.4 Å². The summed E-state index contributed by atoms with van der Waals surface area (Å²) in [5.41, 5.74) is 5.56. The van der Waals surface area contributed by atoms with Crippen molar-refractivity contribution in [2.75, 3.05) is 43.4 Å². The van der Waals surface area contributed by atoms with Gasteiger partial charge in [0, 0.05) is 25.2 Å². The quantitative estimate of drug-likeness (QED) is 0.0389. The zero-order chi connectivity index (χ0) is 41.9. The molecule has 5 rings (SSSR count). The topological polar surface area (TPSA) is 101 Å². The molecular weight excluding hydrogens is 753 g/mol. The Kier molecular flexibility index (Phi) is 18.0. The predicted molar refractivity (Wildman–Crippen MR) is 245 cm³/mol. The number of hydrogen-bond acceptors (Lipinski definition) is 7. The summed E-state index contributed by atoms with van der Waals surface area (Å²) in [6.07, 6.45) is 10.5. The van der Waals surface area contributed by atoms with Crippen LogP contribution in [0.25, 0.3) is 11.1 Å². The molecule has 1 aliphatic heterocycles. The van der Waals surface area contributed by atoms with E-state index in [2.05, 4.69) is 60.8 Å². The monoisotopic (exact) mass is 820 g/mol. The fraction of sp³-hybridized carbons (Fsp3) is 0.469. The summed E-state index contributed by atoms with van der Waals surface area (Å²) in [7, 11) is -2.08. The minimum atomic E-state index is -2.08. The van der Waals surface area contributed by atoms with Crippen LogP contribution in [0.5, 0.6) is 5.75 Å². The number of anilines is 2. The molecule has 4 aromatic rings. The van der Waals surface area contributed by atoms with Gasteiger partial charge in [0.15, 0.2) is 8.32 Å². The number of benzene rings is 4. The van der Waals surface area contributed by atoms with Crippen molar-refractivity contribution in [3.8, 4) is 16.9 Å². The molecule has 2 amide bonds.